The van der Waals surface area contributed by atoms with Crippen LogP contribution in [0.3, 0.4) is 0 Å². The number of carbonyl (C=O) groups is 1. The van der Waals surface area contributed by atoms with Crippen LogP contribution in [0.5, 0.6) is 0 Å². The van der Waals surface area contributed by atoms with Crippen LogP contribution >= 0.6 is 11.6 Å². The van der Waals surface area contributed by atoms with Gasteiger partial charge in [-0.25, -0.2) is 14.2 Å². The average molecular weight is 619 g/mol. The molecular weight excluding hydrogens is 579 g/mol. The Bertz CT molecular complexity index is 1710. The van der Waals surface area contributed by atoms with Crippen LogP contribution in [-0.2, 0) is 4.74 Å². The maximum absolute atomic E-state index is 16.8. The number of amides is 1. The summed E-state index contributed by atoms with van der Waals surface area (Å²) in [5, 5.41) is 2.79. The van der Waals surface area contributed by atoms with Crippen molar-refractivity contribution in [2.45, 2.75) is 51.8 Å². The van der Waals surface area contributed by atoms with E-state index in [0.29, 0.717) is 59.8 Å². The molecule has 2 saturated heterocycles. The summed E-state index contributed by atoms with van der Waals surface area (Å²) < 4.78 is 22.5. The maximum atomic E-state index is 16.8. The molecule has 2 aliphatic rings. The van der Waals surface area contributed by atoms with Gasteiger partial charge in [-0.05, 0) is 70.6 Å². The van der Waals surface area contributed by atoms with Gasteiger partial charge in [0.25, 0.3) is 0 Å². The average Bonchev–Trinajstić information content (AvgIpc) is 3.13. The topological polar surface area (TPSA) is 65.0 Å². The highest BCUT2D eigenvalue weighted by Crippen LogP contribution is 2.41. The summed E-state index contributed by atoms with van der Waals surface area (Å²) in [6.45, 7) is 10.8. The standard InChI is InChI=1S/C34H40ClFN6O2/c1-21-14-15-40(16-17-42(21)33(43)44-34(2,3)4)31-26-18-27(35)28(25-13-9-11-22-10-7-8-12-24(22)25)29(36)30(26)37-32(38-31)41-19-23(20-41)39(5)6/h7-13,18,21,23H,14-17,19-20H2,1-6H3. The fraction of sp³-hybridized carbons (Fsp3) is 0.441. The molecule has 8 nitrogen and oxygen atoms in total. The van der Waals surface area contributed by atoms with E-state index < -0.39 is 11.4 Å². The Balaban J connectivity index is 1.45. The van der Waals surface area contributed by atoms with Gasteiger partial charge >= 0.3 is 6.09 Å². The van der Waals surface area contributed by atoms with Crippen molar-refractivity contribution < 1.29 is 13.9 Å². The molecule has 6 rings (SSSR count). The van der Waals surface area contributed by atoms with Crippen molar-refractivity contribution in [3.63, 3.8) is 0 Å². The zero-order chi connectivity index (χ0) is 31.3. The Morgan fingerprint density at radius 3 is 2.45 bits per heavy atom. The monoisotopic (exact) mass is 618 g/mol. The summed E-state index contributed by atoms with van der Waals surface area (Å²) in [6, 6.07) is 15.9. The van der Waals surface area contributed by atoms with Crippen molar-refractivity contribution in [3.8, 4) is 11.1 Å². The first kappa shape index (κ1) is 30.3. The number of nitrogens with zero attached hydrogens (tertiary/aromatic N) is 6. The Kier molecular flexibility index (Phi) is 8.05. The molecule has 1 amide bonds. The van der Waals surface area contributed by atoms with Crippen LogP contribution in [0.2, 0.25) is 5.02 Å². The van der Waals surface area contributed by atoms with Crippen molar-refractivity contribution in [1.29, 1.82) is 0 Å². The molecule has 3 aromatic carbocycles. The Morgan fingerprint density at radius 2 is 1.73 bits per heavy atom. The van der Waals surface area contributed by atoms with Crippen molar-refractivity contribution in [2.75, 3.05) is 56.6 Å². The Hall–Kier alpha value is -3.69. The largest absolute Gasteiger partial charge is 0.444 e. The minimum absolute atomic E-state index is 0.0306. The highest BCUT2D eigenvalue weighted by molar-refractivity contribution is 6.35. The fourth-order valence-corrected chi connectivity index (χ4v) is 6.34. The Labute approximate surface area is 263 Å². The van der Waals surface area contributed by atoms with Crippen LogP contribution in [-0.4, -0.2) is 90.4 Å². The quantitative estimate of drug-likeness (QED) is 0.248. The van der Waals surface area contributed by atoms with Crippen LogP contribution in [0.1, 0.15) is 34.1 Å². The van der Waals surface area contributed by atoms with Crippen molar-refractivity contribution in [3.05, 3.63) is 59.4 Å². The van der Waals surface area contributed by atoms with E-state index >= 15 is 4.39 Å². The normalized spacial score (nSPS) is 18.2. The van der Waals surface area contributed by atoms with E-state index in [2.05, 4.69) is 28.8 Å². The number of benzene rings is 3. The molecule has 10 heteroatoms. The first-order chi connectivity index (χ1) is 20.9. The second-order valence-corrected chi connectivity index (χ2v) is 13.5. The minimum Gasteiger partial charge on any atom is -0.444 e. The molecule has 1 unspecified atom stereocenters. The molecule has 0 bridgehead atoms. The van der Waals surface area contributed by atoms with Gasteiger partial charge in [-0.2, -0.15) is 4.98 Å². The number of anilines is 2. The van der Waals surface area contributed by atoms with E-state index in [4.69, 9.17) is 26.3 Å². The van der Waals surface area contributed by atoms with Gasteiger partial charge in [0.2, 0.25) is 5.95 Å². The van der Waals surface area contributed by atoms with Gasteiger partial charge in [-0.15, -0.1) is 0 Å². The van der Waals surface area contributed by atoms with Crippen molar-refractivity contribution >= 4 is 51.1 Å². The lowest BCUT2D eigenvalue weighted by molar-refractivity contribution is 0.0191. The zero-order valence-electron chi connectivity index (χ0n) is 26.3. The van der Waals surface area contributed by atoms with Crippen LogP contribution in [0.4, 0.5) is 21.0 Å². The first-order valence-electron chi connectivity index (χ1n) is 15.2. The second-order valence-electron chi connectivity index (χ2n) is 13.1. The molecule has 0 saturated carbocycles. The van der Waals surface area contributed by atoms with E-state index in [0.717, 1.165) is 29.4 Å². The third-order valence-corrected chi connectivity index (χ3v) is 8.97. The van der Waals surface area contributed by atoms with Crippen LogP contribution < -0.4 is 9.80 Å². The van der Waals surface area contributed by atoms with E-state index in [1.54, 1.807) is 11.0 Å². The lowest BCUT2D eigenvalue weighted by Crippen LogP contribution is -2.58. The number of likely N-dealkylation sites (N-methyl/N-ethyl adjacent to an activating group) is 1. The lowest BCUT2D eigenvalue weighted by Gasteiger charge is -2.43. The molecule has 4 aromatic rings. The van der Waals surface area contributed by atoms with Crippen molar-refractivity contribution in [2.24, 2.45) is 0 Å². The molecule has 1 aromatic heterocycles. The SMILES string of the molecule is CC1CCN(c2nc(N3CC(N(C)C)C3)nc3c(F)c(-c4cccc5ccccc45)c(Cl)cc23)CCN1C(=O)OC(C)(C)C. The number of halogens is 2. The fourth-order valence-electron chi connectivity index (χ4n) is 6.05. The van der Waals surface area contributed by atoms with E-state index in [1.807, 2.05) is 70.2 Å². The van der Waals surface area contributed by atoms with E-state index in [1.165, 1.54) is 0 Å². The van der Waals surface area contributed by atoms with Crippen molar-refractivity contribution in [1.82, 2.24) is 19.8 Å². The summed E-state index contributed by atoms with van der Waals surface area (Å²) in [5.74, 6) is 0.663. The molecule has 0 radical (unpaired) electrons. The summed E-state index contributed by atoms with van der Waals surface area (Å²) in [6.07, 6.45) is 0.376. The van der Waals surface area contributed by atoms with Crippen LogP contribution in [0.25, 0.3) is 32.8 Å². The van der Waals surface area contributed by atoms with Gasteiger partial charge in [0, 0.05) is 55.8 Å². The Morgan fingerprint density at radius 1 is 1.00 bits per heavy atom. The number of hydrogen-bond donors (Lipinski definition) is 0. The van der Waals surface area contributed by atoms with E-state index in [9.17, 15) is 4.79 Å². The maximum Gasteiger partial charge on any atom is 0.410 e. The second kappa shape index (κ2) is 11.7. The number of fused-ring (bicyclic) bond motifs is 2. The number of aromatic nitrogens is 2. The highest BCUT2D eigenvalue weighted by Gasteiger charge is 2.34. The number of carbonyl (C=O) groups excluding carboxylic acids is 1. The number of rotatable bonds is 4. The summed E-state index contributed by atoms with van der Waals surface area (Å²) in [7, 11) is 4.11. The van der Waals surface area contributed by atoms with Gasteiger partial charge in [-0.1, -0.05) is 54.1 Å². The molecule has 1 atom stereocenters. The molecule has 3 heterocycles. The van der Waals surface area contributed by atoms with E-state index in [-0.39, 0.29) is 17.7 Å². The highest BCUT2D eigenvalue weighted by atomic mass is 35.5. The molecule has 44 heavy (non-hydrogen) atoms. The number of ether oxygens (including phenoxy) is 1. The third kappa shape index (κ3) is 5.75. The smallest absolute Gasteiger partial charge is 0.410 e. The molecule has 0 aliphatic carbocycles. The number of hydrogen-bond acceptors (Lipinski definition) is 7. The first-order valence-corrected chi connectivity index (χ1v) is 15.6. The summed E-state index contributed by atoms with van der Waals surface area (Å²) in [5.41, 5.74) is 0.717. The molecule has 232 valence electrons. The van der Waals surface area contributed by atoms with Gasteiger partial charge in [-0.3, -0.25) is 0 Å². The predicted molar refractivity (Wildman–Crippen MR) is 176 cm³/mol. The molecule has 0 N–H and O–H groups in total. The third-order valence-electron chi connectivity index (χ3n) is 8.67. The van der Waals surface area contributed by atoms with Gasteiger partial charge in [0.15, 0.2) is 5.82 Å². The van der Waals surface area contributed by atoms with Crippen LogP contribution in [0.15, 0.2) is 48.5 Å². The molecule has 2 aliphatic heterocycles. The molecule has 0 spiro atoms. The van der Waals surface area contributed by atoms with Crippen LogP contribution in [0, 0.1) is 5.82 Å². The predicted octanol–water partition coefficient (Wildman–Crippen LogP) is 6.83. The zero-order valence-corrected chi connectivity index (χ0v) is 27.0. The summed E-state index contributed by atoms with van der Waals surface area (Å²) >= 11 is 6.93. The van der Waals surface area contributed by atoms with Gasteiger partial charge in [0.1, 0.15) is 16.9 Å². The minimum atomic E-state index is -0.585. The van der Waals surface area contributed by atoms with Gasteiger partial charge in [0.05, 0.1) is 5.02 Å². The molecule has 2 fully saturated rings. The lowest BCUT2D eigenvalue weighted by atomic mass is 9.96. The van der Waals surface area contributed by atoms with Gasteiger partial charge < -0.3 is 24.3 Å². The molecular formula is C34H40ClFN6O2. The summed E-state index contributed by atoms with van der Waals surface area (Å²) in [4.78, 5) is 31.1.